The van der Waals surface area contributed by atoms with Crippen LogP contribution in [0.1, 0.15) is 36.2 Å². The molecule has 0 bridgehead atoms. The summed E-state index contributed by atoms with van der Waals surface area (Å²) in [5.41, 5.74) is 1.53. The molecule has 1 N–H and O–H groups in total. The van der Waals surface area contributed by atoms with E-state index in [0.29, 0.717) is 22.9 Å². The summed E-state index contributed by atoms with van der Waals surface area (Å²) in [5, 5.41) is 10.6. The van der Waals surface area contributed by atoms with Crippen molar-refractivity contribution in [2.45, 2.75) is 20.0 Å². The highest BCUT2D eigenvalue weighted by Gasteiger charge is 2.20. The molecular weight excluding hydrogens is 362 g/mol. The summed E-state index contributed by atoms with van der Waals surface area (Å²) in [6.07, 6.45) is -0.739. The molecule has 1 heterocycles. The van der Waals surface area contributed by atoms with Crippen LogP contribution in [0, 0.1) is 0 Å². The van der Waals surface area contributed by atoms with E-state index in [2.05, 4.69) is 15.5 Å². The zero-order valence-electron chi connectivity index (χ0n) is 15.6. The maximum absolute atomic E-state index is 12.4. The number of nitrogens with one attached hydrogen (secondary N) is 1. The molecule has 144 valence electrons. The molecule has 1 atom stereocenters. The first kappa shape index (κ1) is 19.1. The van der Waals surface area contributed by atoms with Crippen molar-refractivity contribution in [2.24, 2.45) is 0 Å². The standard InChI is InChI=1S/C20H19N3O5/c1-12(27-20(25)15-5-4-6-16(11-15)21-13(2)24)18-22-23-19(28-18)14-7-9-17(26-3)10-8-14/h4-12H,1-3H3,(H,21,24)/t12-/m0/s1. The van der Waals surface area contributed by atoms with Crippen molar-refractivity contribution in [3.63, 3.8) is 0 Å². The van der Waals surface area contributed by atoms with Crippen molar-refractivity contribution in [1.29, 1.82) is 0 Å². The minimum absolute atomic E-state index is 0.178. The lowest BCUT2D eigenvalue weighted by atomic mass is 10.2. The molecule has 0 radical (unpaired) electrons. The van der Waals surface area contributed by atoms with Crippen LogP contribution in [0.3, 0.4) is 0 Å². The van der Waals surface area contributed by atoms with Crippen LogP contribution in [0.25, 0.3) is 11.5 Å². The molecule has 0 aliphatic heterocycles. The number of anilines is 1. The highest BCUT2D eigenvalue weighted by molar-refractivity contribution is 5.93. The Hall–Kier alpha value is -3.68. The first-order chi connectivity index (χ1) is 13.5. The normalized spacial score (nSPS) is 11.5. The zero-order chi connectivity index (χ0) is 20.1. The Morgan fingerprint density at radius 1 is 1.11 bits per heavy atom. The van der Waals surface area contributed by atoms with E-state index in [1.54, 1.807) is 56.5 Å². The molecule has 1 amide bonds. The smallest absolute Gasteiger partial charge is 0.338 e. The maximum atomic E-state index is 12.4. The van der Waals surface area contributed by atoms with Crippen molar-refractivity contribution < 1.29 is 23.5 Å². The summed E-state index contributed by atoms with van der Waals surface area (Å²) in [6, 6.07) is 13.6. The quantitative estimate of drug-likeness (QED) is 0.650. The molecule has 0 aliphatic carbocycles. The van der Waals surface area contributed by atoms with Crippen molar-refractivity contribution in [1.82, 2.24) is 10.2 Å². The first-order valence-corrected chi connectivity index (χ1v) is 8.52. The Kier molecular flexibility index (Phi) is 5.69. The number of amides is 1. The molecule has 0 unspecified atom stereocenters. The van der Waals surface area contributed by atoms with Gasteiger partial charge in [0.15, 0.2) is 6.10 Å². The number of rotatable bonds is 6. The zero-order valence-corrected chi connectivity index (χ0v) is 15.6. The molecule has 0 spiro atoms. The summed E-state index contributed by atoms with van der Waals surface area (Å²) < 4.78 is 16.1. The van der Waals surface area contributed by atoms with E-state index in [1.165, 1.54) is 13.0 Å². The van der Waals surface area contributed by atoms with Crippen LogP contribution < -0.4 is 10.1 Å². The average molecular weight is 381 g/mol. The summed E-state index contributed by atoms with van der Waals surface area (Å²) in [7, 11) is 1.59. The fraction of sp³-hybridized carbons (Fsp3) is 0.200. The van der Waals surface area contributed by atoms with E-state index in [-0.39, 0.29) is 11.8 Å². The maximum Gasteiger partial charge on any atom is 0.338 e. The van der Waals surface area contributed by atoms with E-state index < -0.39 is 12.1 Å². The van der Waals surface area contributed by atoms with Gasteiger partial charge in [0.1, 0.15) is 5.75 Å². The fourth-order valence-corrected chi connectivity index (χ4v) is 2.46. The summed E-state index contributed by atoms with van der Waals surface area (Å²) in [4.78, 5) is 23.5. The van der Waals surface area contributed by atoms with Gasteiger partial charge in [0.05, 0.1) is 12.7 Å². The number of carbonyl (C=O) groups is 2. The van der Waals surface area contributed by atoms with Gasteiger partial charge in [0.25, 0.3) is 5.89 Å². The second-order valence-electron chi connectivity index (χ2n) is 5.98. The van der Waals surface area contributed by atoms with Gasteiger partial charge in [-0.2, -0.15) is 0 Å². The van der Waals surface area contributed by atoms with Crippen molar-refractivity contribution >= 4 is 17.6 Å². The highest BCUT2D eigenvalue weighted by atomic mass is 16.6. The van der Waals surface area contributed by atoms with E-state index in [0.717, 1.165) is 5.56 Å². The molecule has 2 aromatic carbocycles. The predicted octanol–water partition coefficient (Wildman–Crippen LogP) is 3.62. The molecular formula is C20H19N3O5. The van der Waals surface area contributed by atoms with Gasteiger partial charge in [0.2, 0.25) is 11.8 Å². The molecule has 0 fully saturated rings. The second-order valence-corrected chi connectivity index (χ2v) is 5.98. The van der Waals surface area contributed by atoms with Gasteiger partial charge in [-0.05, 0) is 49.4 Å². The van der Waals surface area contributed by atoms with Crippen molar-refractivity contribution in [2.75, 3.05) is 12.4 Å². The predicted molar refractivity (Wildman–Crippen MR) is 101 cm³/mol. The van der Waals surface area contributed by atoms with Gasteiger partial charge in [-0.3, -0.25) is 4.79 Å². The number of hydrogen-bond donors (Lipinski definition) is 1. The molecule has 8 nitrogen and oxygen atoms in total. The third kappa shape index (κ3) is 4.53. The molecule has 3 aromatic rings. The Morgan fingerprint density at radius 3 is 2.54 bits per heavy atom. The third-order valence-corrected chi connectivity index (χ3v) is 3.83. The molecule has 0 aliphatic rings. The summed E-state index contributed by atoms with van der Waals surface area (Å²) >= 11 is 0. The van der Waals surface area contributed by atoms with E-state index in [4.69, 9.17) is 13.9 Å². The van der Waals surface area contributed by atoms with Crippen molar-refractivity contribution in [3.05, 3.63) is 60.0 Å². The average Bonchev–Trinajstić information content (AvgIpc) is 3.18. The minimum atomic E-state index is -0.739. The third-order valence-electron chi connectivity index (χ3n) is 3.83. The second kappa shape index (κ2) is 8.34. The fourth-order valence-electron chi connectivity index (χ4n) is 2.46. The van der Waals surface area contributed by atoms with Gasteiger partial charge in [-0.1, -0.05) is 6.07 Å². The molecule has 8 heteroatoms. The number of aromatic nitrogens is 2. The number of nitrogens with zero attached hydrogens (tertiary/aromatic N) is 2. The number of methoxy groups -OCH3 is 1. The summed E-state index contributed by atoms with van der Waals surface area (Å²) in [5.74, 6) is 0.414. The van der Waals surface area contributed by atoms with Crippen molar-refractivity contribution in [3.8, 4) is 17.2 Å². The number of hydrogen-bond acceptors (Lipinski definition) is 7. The number of benzene rings is 2. The number of ether oxygens (including phenoxy) is 2. The molecule has 3 rings (SSSR count). The lowest BCUT2D eigenvalue weighted by Gasteiger charge is -2.10. The summed E-state index contributed by atoms with van der Waals surface area (Å²) in [6.45, 7) is 3.03. The topological polar surface area (TPSA) is 104 Å². The largest absolute Gasteiger partial charge is 0.497 e. The van der Waals surface area contributed by atoms with Gasteiger partial charge in [-0.15, -0.1) is 10.2 Å². The monoisotopic (exact) mass is 381 g/mol. The van der Waals surface area contributed by atoms with E-state index in [9.17, 15) is 9.59 Å². The van der Waals surface area contributed by atoms with Gasteiger partial charge in [-0.25, -0.2) is 4.79 Å². The van der Waals surface area contributed by atoms with Gasteiger partial charge >= 0.3 is 5.97 Å². The highest BCUT2D eigenvalue weighted by Crippen LogP contribution is 2.25. The molecule has 0 saturated heterocycles. The van der Waals surface area contributed by atoms with Crippen LogP contribution in [0.2, 0.25) is 0 Å². The first-order valence-electron chi connectivity index (χ1n) is 8.52. The lowest BCUT2D eigenvalue weighted by Crippen LogP contribution is -2.11. The number of esters is 1. The lowest BCUT2D eigenvalue weighted by molar-refractivity contribution is -0.114. The van der Waals surface area contributed by atoms with Gasteiger partial charge in [0, 0.05) is 18.2 Å². The Morgan fingerprint density at radius 2 is 1.86 bits per heavy atom. The SMILES string of the molecule is COc1ccc(-c2nnc([C@H](C)OC(=O)c3cccc(NC(C)=O)c3)o2)cc1. The molecule has 1 aromatic heterocycles. The Balaban J connectivity index is 1.69. The van der Waals surface area contributed by atoms with E-state index >= 15 is 0 Å². The number of carbonyl (C=O) groups excluding carboxylic acids is 2. The van der Waals surface area contributed by atoms with Crippen LogP contribution in [0.4, 0.5) is 5.69 Å². The minimum Gasteiger partial charge on any atom is -0.497 e. The molecule has 28 heavy (non-hydrogen) atoms. The van der Waals surface area contributed by atoms with Crippen LogP contribution in [-0.4, -0.2) is 29.2 Å². The van der Waals surface area contributed by atoms with E-state index in [1.807, 2.05) is 0 Å². The van der Waals surface area contributed by atoms with Crippen LogP contribution >= 0.6 is 0 Å². The Labute approximate surface area is 161 Å². The van der Waals surface area contributed by atoms with Gasteiger partial charge < -0.3 is 19.2 Å². The Bertz CT molecular complexity index is 982. The van der Waals surface area contributed by atoms with Crippen LogP contribution in [0.5, 0.6) is 5.75 Å². The van der Waals surface area contributed by atoms with Crippen LogP contribution in [-0.2, 0) is 9.53 Å². The van der Waals surface area contributed by atoms with Crippen LogP contribution in [0.15, 0.2) is 52.9 Å². The molecule has 0 saturated carbocycles.